The fraction of sp³-hybridized carbons (Fsp3) is 0.158. The molecule has 0 bridgehead atoms. The van der Waals surface area contributed by atoms with Crippen molar-refractivity contribution in [1.29, 1.82) is 0 Å². The van der Waals surface area contributed by atoms with Gasteiger partial charge in [-0.05, 0) is 25.5 Å². The summed E-state index contributed by atoms with van der Waals surface area (Å²) in [6, 6.07) is 17.9. The van der Waals surface area contributed by atoms with Crippen molar-refractivity contribution < 1.29 is 4.52 Å². The van der Waals surface area contributed by atoms with Gasteiger partial charge in [-0.2, -0.15) is 4.98 Å². The SMILES string of the molecule is Cc1ccccc1-n1cnnc1SC(C)c1nc(-c2ccccc2)no1. The number of aryl methyl sites for hydroxylation is 1. The van der Waals surface area contributed by atoms with E-state index in [1.54, 1.807) is 6.33 Å². The van der Waals surface area contributed by atoms with Gasteiger partial charge in [-0.3, -0.25) is 4.57 Å². The highest BCUT2D eigenvalue weighted by Gasteiger charge is 2.20. The van der Waals surface area contributed by atoms with Gasteiger partial charge in [0.15, 0.2) is 5.16 Å². The lowest BCUT2D eigenvalue weighted by Crippen LogP contribution is -1.99. The molecule has 4 rings (SSSR count). The third-order valence-electron chi connectivity index (χ3n) is 4.00. The average Bonchev–Trinajstić information content (AvgIpc) is 3.33. The highest BCUT2D eigenvalue weighted by Crippen LogP contribution is 2.34. The van der Waals surface area contributed by atoms with Gasteiger partial charge in [0.05, 0.1) is 10.9 Å². The lowest BCUT2D eigenvalue weighted by Gasteiger charge is -2.10. The van der Waals surface area contributed by atoms with E-state index < -0.39 is 0 Å². The number of benzene rings is 2. The van der Waals surface area contributed by atoms with Crippen molar-refractivity contribution in [3.63, 3.8) is 0 Å². The minimum atomic E-state index is -0.0491. The summed E-state index contributed by atoms with van der Waals surface area (Å²) in [7, 11) is 0. The summed E-state index contributed by atoms with van der Waals surface area (Å²) in [5.74, 6) is 1.15. The van der Waals surface area contributed by atoms with Crippen LogP contribution in [0.1, 0.15) is 23.6 Å². The molecule has 0 N–H and O–H groups in total. The molecule has 0 aliphatic rings. The fourth-order valence-corrected chi connectivity index (χ4v) is 3.48. The van der Waals surface area contributed by atoms with Crippen LogP contribution in [0.25, 0.3) is 17.1 Å². The Hall–Kier alpha value is -2.93. The van der Waals surface area contributed by atoms with Gasteiger partial charge < -0.3 is 4.52 Å². The van der Waals surface area contributed by atoms with E-state index >= 15 is 0 Å². The van der Waals surface area contributed by atoms with E-state index in [2.05, 4.69) is 33.3 Å². The van der Waals surface area contributed by atoms with Gasteiger partial charge in [0.25, 0.3) is 0 Å². The Morgan fingerprint density at radius 1 is 1.04 bits per heavy atom. The van der Waals surface area contributed by atoms with Crippen LogP contribution in [0.4, 0.5) is 0 Å². The Morgan fingerprint density at radius 3 is 2.62 bits per heavy atom. The van der Waals surface area contributed by atoms with Gasteiger partial charge in [0, 0.05) is 5.56 Å². The van der Waals surface area contributed by atoms with Crippen LogP contribution < -0.4 is 0 Å². The lowest BCUT2D eigenvalue weighted by atomic mass is 10.2. The summed E-state index contributed by atoms with van der Waals surface area (Å²) in [5.41, 5.74) is 3.15. The van der Waals surface area contributed by atoms with Crippen molar-refractivity contribution in [3.8, 4) is 17.1 Å². The quantitative estimate of drug-likeness (QED) is 0.487. The zero-order valence-corrected chi connectivity index (χ0v) is 15.2. The van der Waals surface area contributed by atoms with E-state index in [4.69, 9.17) is 4.52 Å². The number of thioether (sulfide) groups is 1. The summed E-state index contributed by atoms with van der Waals surface area (Å²) in [6.45, 7) is 4.08. The van der Waals surface area contributed by atoms with Gasteiger partial charge >= 0.3 is 0 Å². The number of nitrogens with zero attached hydrogens (tertiary/aromatic N) is 5. The molecular formula is C19H17N5OS. The van der Waals surface area contributed by atoms with Crippen LogP contribution in [-0.4, -0.2) is 24.9 Å². The van der Waals surface area contributed by atoms with Gasteiger partial charge in [0.2, 0.25) is 11.7 Å². The van der Waals surface area contributed by atoms with E-state index in [0.717, 1.165) is 22.0 Å². The van der Waals surface area contributed by atoms with Crippen molar-refractivity contribution in [1.82, 2.24) is 24.9 Å². The highest BCUT2D eigenvalue weighted by molar-refractivity contribution is 7.99. The number of rotatable bonds is 5. The first-order valence-corrected chi connectivity index (χ1v) is 9.12. The number of hydrogen-bond donors (Lipinski definition) is 0. The Labute approximate surface area is 155 Å². The van der Waals surface area contributed by atoms with E-state index in [1.807, 2.05) is 60.0 Å². The molecule has 1 atom stereocenters. The van der Waals surface area contributed by atoms with Gasteiger partial charge in [0.1, 0.15) is 6.33 Å². The number of aromatic nitrogens is 5. The standard InChI is InChI=1S/C19H17N5OS/c1-13-8-6-7-11-16(13)24-12-20-22-19(24)26-14(2)18-21-17(23-25-18)15-9-4-3-5-10-15/h3-12,14H,1-2H3. The van der Waals surface area contributed by atoms with Crippen LogP contribution in [-0.2, 0) is 0 Å². The maximum absolute atomic E-state index is 5.46. The van der Waals surface area contributed by atoms with E-state index in [9.17, 15) is 0 Å². The summed E-state index contributed by atoms with van der Waals surface area (Å²) >= 11 is 1.54. The molecule has 1 unspecified atom stereocenters. The van der Waals surface area contributed by atoms with Crippen LogP contribution in [0.5, 0.6) is 0 Å². The first-order valence-electron chi connectivity index (χ1n) is 8.24. The highest BCUT2D eigenvalue weighted by atomic mass is 32.2. The normalized spacial score (nSPS) is 12.2. The van der Waals surface area contributed by atoms with E-state index in [0.29, 0.717) is 11.7 Å². The number of hydrogen-bond acceptors (Lipinski definition) is 6. The third kappa shape index (κ3) is 3.25. The Balaban J connectivity index is 1.57. The summed E-state index contributed by atoms with van der Waals surface area (Å²) in [5, 5.41) is 13.1. The molecule has 130 valence electrons. The molecule has 2 heterocycles. The topological polar surface area (TPSA) is 69.6 Å². The molecule has 26 heavy (non-hydrogen) atoms. The Morgan fingerprint density at radius 2 is 1.81 bits per heavy atom. The van der Waals surface area contributed by atoms with Crippen molar-refractivity contribution in [2.75, 3.05) is 0 Å². The molecule has 0 aliphatic heterocycles. The molecule has 6 nitrogen and oxygen atoms in total. The molecule has 2 aromatic carbocycles. The fourth-order valence-electron chi connectivity index (χ4n) is 2.62. The third-order valence-corrected chi connectivity index (χ3v) is 5.04. The molecule has 0 radical (unpaired) electrons. The number of para-hydroxylation sites is 1. The Kier molecular flexibility index (Phi) is 4.53. The zero-order valence-electron chi connectivity index (χ0n) is 14.4. The molecule has 0 amide bonds. The summed E-state index contributed by atoms with van der Waals surface area (Å²) in [4.78, 5) is 4.52. The van der Waals surface area contributed by atoms with Crippen LogP contribution in [0.3, 0.4) is 0 Å². The molecule has 0 saturated heterocycles. The van der Waals surface area contributed by atoms with Gasteiger partial charge in [-0.25, -0.2) is 0 Å². The molecule has 7 heteroatoms. The van der Waals surface area contributed by atoms with Gasteiger partial charge in [-0.15, -0.1) is 10.2 Å². The monoisotopic (exact) mass is 363 g/mol. The van der Waals surface area contributed by atoms with E-state index in [-0.39, 0.29) is 5.25 Å². The largest absolute Gasteiger partial charge is 0.338 e. The molecule has 4 aromatic rings. The maximum Gasteiger partial charge on any atom is 0.240 e. The zero-order chi connectivity index (χ0) is 17.9. The van der Waals surface area contributed by atoms with Crippen LogP contribution in [0.2, 0.25) is 0 Å². The molecule has 0 fully saturated rings. The second-order valence-electron chi connectivity index (χ2n) is 5.85. The molecular weight excluding hydrogens is 346 g/mol. The first-order chi connectivity index (χ1) is 12.7. The van der Waals surface area contributed by atoms with Crippen molar-refractivity contribution in [2.45, 2.75) is 24.3 Å². The lowest BCUT2D eigenvalue weighted by molar-refractivity contribution is 0.380. The van der Waals surface area contributed by atoms with Crippen LogP contribution in [0, 0.1) is 6.92 Å². The van der Waals surface area contributed by atoms with Crippen molar-refractivity contribution in [2.24, 2.45) is 0 Å². The summed E-state index contributed by atoms with van der Waals surface area (Å²) in [6.07, 6.45) is 1.72. The summed E-state index contributed by atoms with van der Waals surface area (Å²) < 4.78 is 7.44. The molecule has 2 aromatic heterocycles. The molecule has 0 spiro atoms. The second kappa shape index (κ2) is 7.13. The van der Waals surface area contributed by atoms with Crippen molar-refractivity contribution >= 4 is 11.8 Å². The predicted molar refractivity (Wildman–Crippen MR) is 100 cm³/mol. The maximum atomic E-state index is 5.46. The average molecular weight is 363 g/mol. The van der Waals surface area contributed by atoms with Crippen LogP contribution >= 0.6 is 11.8 Å². The van der Waals surface area contributed by atoms with Crippen LogP contribution in [0.15, 0.2) is 70.6 Å². The smallest absolute Gasteiger partial charge is 0.240 e. The molecule has 0 aliphatic carbocycles. The second-order valence-corrected chi connectivity index (χ2v) is 7.16. The molecule has 0 saturated carbocycles. The minimum Gasteiger partial charge on any atom is -0.338 e. The first kappa shape index (κ1) is 16.5. The van der Waals surface area contributed by atoms with Gasteiger partial charge in [-0.1, -0.05) is 65.4 Å². The predicted octanol–water partition coefficient (Wildman–Crippen LogP) is 4.48. The Bertz CT molecular complexity index is 1010. The van der Waals surface area contributed by atoms with E-state index in [1.165, 1.54) is 11.8 Å². The van der Waals surface area contributed by atoms with Crippen molar-refractivity contribution in [3.05, 3.63) is 72.4 Å². The minimum absolute atomic E-state index is 0.0491.